The molecule has 1 aromatic heterocycles. The number of benzene rings is 3. The molecule has 0 aliphatic carbocycles. The molecule has 4 rings (SSSR count). The Morgan fingerprint density at radius 2 is 1.56 bits per heavy atom. The third kappa shape index (κ3) is 7.40. The van der Waals surface area contributed by atoms with Crippen molar-refractivity contribution in [2.24, 2.45) is 5.92 Å². The molecule has 0 saturated carbocycles. The summed E-state index contributed by atoms with van der Waals surface area (Å²) in [6, 6.07) is 12.3. The Morgan fingerprint density at radius 3 is 2.13 bits per heavy atom. The second-order valence-corrected chi connectivity index (χ2v) is 10.8. The van der Waals surface area contributed by atoms with Gasteiger partial charge in [-0.2, -0.15) is 26.3 Å². The number of anilines is 1. The van der Waals surface area contributed by atoms with Crippen LogP contribution in [0.15, 0.2) is 71.5 Å². The van der Waals surface area contributed by atoms with Crippen LogP contribution in [0.4, 0.5) is 36.8 Å². The Labute approximate surface area is 255 Å². The first-order valence-electron chi connectivity index (χ1n) is 14.2. The number of amides is 2. The fourth-order valence-corrected chi connectivity index (χ4v) is 4.98. The monoisotopic (exact) mass is 634 g/mol. The molecule has 7 nitrogen and oxygen atoms in total. The van der Waals surface area contributed by atoms with Crippen molar-refractivity contribution in [2.75, 3.05) is 19.0 Å². The Kier molecular flexibility index (Phi) is 9.79. The average Bonchev–Trinajstić information content (AvgIpc) is 2.98. The molecule has 1 N–H and O–H groups in total. The van der Waals surface area contributed by atoms with Gasteiger partial charge in [0, 0.05) is 12.2 Å². The molecule has 3 aromatic carbocycles. The van der Waals surface area contributed by atoms with Crippen LogP contribution in [0.1, 0.15) is 56.6 Å². The van der Waals surface area contributed by atoms with Gasteiger partial charge in [-0.05, 0) is 61.2 Å². The molecule has 0 saturated heterocycles. The van der Waals surface area contributed by atoms with E-state index >= 15 is 0 Å². The molecule has 1 atom stereocenters. The molecule has 0 spiro atoms. The zero-order chi connectivity index (χ0) is 33.1. The summed E-state index contributed by atoms with van der Waals surface area (Å²) in [7, 11) is 1.43. The molecule has 1 heterocycles. The minimum Gasteiger partial charge on any atom is -0.495 e. The first-order chi connectivity index (χ1) is 21.1. The van der Waals surface area contributed by atoms with Gasteiger partial charge >= 0.3 is 18.4 Å². The van der Waals surface area contributed by atoms with E-state index in [1.54, 1.807) is 55.5 Å². The smallest absolute Gasteiger partial charge is 0.416 e. The Morgan fingerprint density at radius 1 is 0.956 bits per heavy atom. The van der Waals surface area contributed by atoms with Crippen molar-refractivity contribution in [3.8, 4) is 11.4 Å². The van der Waals surface area contributed by atoms with Crippen LogP contribution in [-0.4, -0.2) is 34.1 Å². The van der Waals surface area contributed by atoms with E-state index in [1.807, 2.05) is 13.8 Å². The lowest BCUT2D eigenvalue weighted by Gasteiger charge is -2.33. The van der Waals surface area contributed by atoms with E-state index in [0.717, 1.165) is 0 Å². The molecular weight excluding hydrogens is 602 g/mol. The van der Waals surface area contributed by atoms with Crippen molar-refractivity contribution >= 4 is 22.6 Å². The summed E-state index contributed by atoms with van der Waals surface area (Å²) in [5, 5.41) is 2.55. The average molecular weight is 635 g/mol. The number of urea groups is 1. The Hall–Kier alpha value is -4.55. The third-order valence-electron chi connectivity index (χ3n) is 7.24. The molecule has 2 amide bonds. The minimum absolute atomic E-state index is 0.00796. The van der Waals surface area contributed by atoms with E-state index in [-0.39, 0.29) is 30.8 Å². The van der Waals surface area contributed by atoms with Gasteiger partial charge in [0.1, 0.15) is 11.6 Å². The number of carbonyl (C=O) groups excluding carboxylic acids is 1. The molecule has 0 aliphatic rings. The van der Waals surface area contributed by atoms with Crippen LogP contribution in [0.25, 0.3) is 16.6 Å². The van der Waals surface area contributed by atoms with Crippen LogP contribution in [0, 0.1) is 5.92 Å². The number of fused-ring (bicyclic) bond motifs is 1. The number of carbonyl (C=O) groups is 1. The summed E-state index contributed by atoms with van der Waals surface area (Å²) in [6.07, 6.45) is -9.55. The quantitative estimate of drug-likeness (QED) is 0.188. The van der Waals surface area contributed by atoms with Gasteiger partial charge in [-0.1, -0.05) is 45.0 Å². The second-order valence-electron chi connectivity index (χ2n) is 10.8. The predicted octanol–water partition coefficient (Wildman–Crippen LogP) is 8.46. The van der Waals surface area contributed by atoms with Crippen LogP contribution in [-0.2, 0) is 12.4 Å². The van der Waals surface area contributed by atoms with E-state index in [1.165, 1.54) is 16.6 Å². The van der Waals surface area contributed by atoms with Crippen molar-refractivity contribution in [1.82, 2.24) is 14.5 Å². The van der Waals surface area contributed by atoms with Crippen LogP contribution in [0.2, 0.25) is 0 Å². The number of nitrogens with one attached hydrogen (secondary N) is 1. The maximum absolute atomic E-state index is 14.0. The van der Waals surface area contributed by atoms with Crippen molar-refractivity contribution in [3.63, 3.8) is 0 Å². The molecule has 13 heteroatoms. The SMILES string of the molecule is CCC(c1nc2ccccc2c(=O)n1-c1ccccc1OC)N(CCC(C)C)C(=O)Nc1cc(C(F)(F)F)cc(C(F)(F)F)c1. The number of nitrogens with zero attached hydrogens (tertiary/aromatic N) is 3. The normalized spacial score (nSPS) is 12.8. The molecular formula is C32H32F6N4O3. The number of hydrogen-bond acceptors (Lipinski definition) is 4. The van der Waals surface area contributed by atoms with Crippen LogP contribution in [0.3, 0.4) is 0 Å². The number of ether oxygens (including phenoxy) is 1. The maximum Gasteiger partial charge on any atom is 0.416 e. The summed E-state index contributed by atoms with van der Waals surface area (Å²) in [5.74, 6) is 0.559. The molecule has 240 valence electrons. The maximum atomic E-state index is 14.0. The Bertz CT molecular complexity index is 1700. The van der Waals surface area contributed by atoms with Gasteiger partial charge in [0.05, 0.1) is 40.9 Å². The number of alkyl halides is 6. The van der Waals surface area contributed by atoms with E-state index in [0.29, 0.717) is 40.9 Å². The summed E-state index contributed by atoms with van der Waals surface area (Å²) >= 11 is 0. The van der Waals surface area contributed by atoms with Gasteiger partial charge in [-0.25, -0.2) is 9.78 Å². The number of methoxy groups -OCH3 is 1. The highest BCUT2D eigenvalue weighted by atomic mass is 19.4. The van der Waals surface area contributed by atoms with Crippen molar-refractivity contribution in [2.45, 2.75) is 52.0 Å². The third-order valence-corrected chi connectivity index (χ3v) is 7.24. The molecule has 0 bridgehead atoms. The molecule has 0 fully saturated rings. The minimum atomic E-state index is -5.09. The number of rotatable bonds is 9. The summed E-state index contributed by atoms with van der Waals surface area (Å²) < 4.78 is 88.1. The van der Waals surface area contributed by atoms with E-state index in [4.69, 9.17) is 9.72 Å². The topological polar surface area (TPSA) is 76.5 Å². The first-order valence-corrected chi connectivity index (χ1v) is 14.2. The van der Waals surface area contributed by atoms with Crippen LogP contribution in [0.5, 0.6) is 5.75 Å². The summed E-state index contributed by atoms with van der Waals surface area (Å²) in [6.45, 7) is 5.60. The van der Waals surface area contributed by atoms with Crippen molar-refractivity contribution < 1.29 is 35.9 Å². The highest BCUT2D eigenvalue weighted by molar-refractivity contribution is 5.90. The van der Waals surface area contributed by atoms with Gasteiger partial charge in [0.15, 0.2) is 0 Å². The molecule has 0 radical (unpaired) electrons. The lowest BCUT2D eigenvalue weighted by atomic mass is 10.1. The molecule has 45 heavy (non-hydrogen) atoms. The van der Waals surface area contributed by atoms with Crippen molar-refractivity contribution in [1.29, 1.82) is 0 Å². The largest absolute Gasteiger partial charge is 0.495 e. The molecule has 0 aliphatic heterocycles. The highest BCUT2D eigenvalue weighted by Crippen LogP contribution is 2.38. The van der Waals surface area contributed by atoms with Gasteiger partial charge in [0.2, 0.25) is 0 Å². The number of halogens is 6. The Balaban J connectivity index is 1.90. The van der Waals surface area contributed by atoms with E-state index in [9.17, 15) is 35.9 Å². The first kappa shape index (κ1) is 33.3. The van der Waals surface area contributed by atoms with Gasteiger partial charge in [-0.3, -0.25) is 9.36 Å². The van der Waals surface area contributed by atoms with Gasteiger partial charge in [-0.15, -0.1) is 0 Å². The molecule has 1 unspecified atom stereocenters. The number of hydrogen-bond donors (Lipinski definition) is 1. The van der Waals surface area contributed by atoms with E-state index < -0.39 is 46.8 Å². The zero-order valence-corrected chi connectivity index (χ0v) is 25.0. The summed E-state index contributed by atoms with van der Waals surface area (Å²) in [4.78, 5) is 33.9. The van der Waals surface area contributed by atoms with Crippen LogP contribution >= 0.6 is 0 Å². The fourth-order valence-electron chi connectivity index (χ4n) is 4.98. The predicted molar refractivity (Wildman–Crippen MR) is 159 cm³/mol. The van der Waals surface area contributed by atoms with E-state index in [2.05, 4.69) is 5.32 Å². The highest BCUT2D eigenvalue weighted by Gasteiger charge is 2.38. The van der Waals surface area contributed by atoms with Crippen molar-refractivity contribution in [3.05, 3.63) is 94.0 Å². The number of para-hydroxylation sites is 3. The van der Waals surface area contributed by atoms with Gasteiger partial charge in [0.25, 0.3) is 5.56 Å². The second kappa shape index (κ2) is 13.2. The summed E-state index contributed by atoms with van der Waals surface area (Å²) in [5.41, 5.74) is -3.56. The number of aromatic nitrogens is 2. The van der Waals surface area contributed by atoms with Crippen LogP contribution < -0.4 is 15.6 Å². The fraction of sp³-hybridized carbons (Fsp3) is 0.344. The van der Waals surface area contributed by atoms with Gasteiger partial charge < -0.3 is 15.0 Å². The lowest BCUT2D eigenvalue weighted by molar-refractivity contribution is -0.143. The zero-order valence-electron chi connectivity index (χ0n) is 25.0. The molecule has 4 aromatic rings. The standard InChI is InChI=1S/C32H32F6N4O3/c1-5-25(28-40-24-11-7-6-10-23(24)29(43)42(28)26-12-8-9-13-27(26)45-4)41(15-14-19(2)3)30(44)39-22-17-20(31(33,34)35)16-21(18-22)32(36,37)38/h6-13,16-19,25H,5,14-15H2,1-4H3,(H,39,44). The lowest BCUT2D eigenvalue weighted by Crippen LogP contribution is -2.41.